The normalized spacial score (nSPS) is 22.0. The summed E-state index contributed by atoms with van der Waals surface area (Å²) in [6.07, 6.45) is 2.03. The molecule has 0 N–H and O–H groups in total. The maximum absolute atomic E-state index is 12.5. The van der Waals surface area contributed by atoms with Gasteiger partial charge in [-0.05, 0) is 24.5 Å². The highest BCUT2D eigenvalue weighted by atomic mass is 32.2. The van der Waals surface area contributed by atoms with Gasteiger partial charge in [-0.1, -0.05) is 18.2 Å². The van der Waals surface area contributed by atoms with Crippen LogP contribution in [0, 0.1) is 0 Å². The van der Waals surface area contributed by atoms with Crippen LogP contribution < -0.4 is 4.90 Å². The van der Waals surface area contributed by atoms with Crippen LogP contribution in [0.5, 0.6) is 0 Å². The number of hydrogen-bond acceptors (Lipinski definition) is 4. The van der Waals surface area contributed by atoms with Crippen molar-refractivity contribution in [3.05, 3.63) is 29.8 Å². The summed E-state index contributed by atoms with van der Waals surface area (Å²) in [7, 11) is -1.68. The van der Waals surface area contributed by atoms with Gasteiger partial charge in [-0.15, -0.1) is 0 Å². The molecule has 2 aliphatic rings. The quantitative estimate of drug-likeness (QED) is 0.837. The smallest absolute Gasteiger partial charge is 0.242 e. The van der Waals surface area contributed by atoms with Crippen molar-refractivity contribution < 1.29 is 17.9 Å². The molecule has 1 aromatic rings. The zero-order chi connectivity index (χ0) is 15.0. The van der Waals surface area contributed by atoms with E-state index in [1.165, 1.54) is 0 Å². The molecular weight excluding hydrogens is 290 g/mol. The van der Waals surface area contributed by atoms with Gasteiger partial charge >= 0.3 is 0 Å². The van der Waals surface area contributed by atoms with Gasteiger partial charge in [0.05, 0.1) is 17.9 Å². The highest BCUT2D eigenvalue weighted by molar-refractivity contribution is 7.93. The number of carbonyl (C=O) groups is 1. The largest absolute Gasteiger partial charge is 0.379 e. The van der Waals surface area contributed by atoms with Crippen molar-refractivity contribution in [2.45, 2.75) is 30.6 Å². The second kappa shape index (κ2) is 5.42. The fourth-order valence-electron chi connectivity index (χ4n) is 2.75. The number of anilines is 1. The molecule has 1 amide bonds. The first-order chi connectivity index (χ1) is 10.0. The minimum atomic E-state index is -3.29. The van der Waals surface area contributed by atoms with Crippen molar-refractivity contribution in [3.8, 4) is 0 Å². The predicted molar refractivity (Wildman–Crippen MR) is 80.1 cm³/mol. The molecule has 1 aromatic carbocycles. The molecule has 0 aromatic heterocycles. The lowest BCUT2D eigenvalue weighted by atomic mass is 9.99. The van der Waals surface area contributed by atoms with E-state index in [9.17, 15) is 13.2 Å². The van der Waals surface area contributed by atoms with Crippen molar-refractivity contribution in [2.24, 2.45) is 0 Å². The summed E-state index contributed by atoms with van der Waals surface area (Å²) in [5.74, 6) is -0.751. The lowest BCUT2D eigenvalue weighted by molar-refractivity contribution is -0.116. The highest BCUT2D eigenvalue weighted by Gasteiger charge is 2.39. The van der Waals surface area contributed by atoms with Gasteiger partial charge in [-0.3, -0.25) is 4.79 Å². The molecule has 1 heterocycles. The zero-order valence-corrected chi connectivity index (χ0v) is 12.8. The molecule has 0 bridgehead atoms. The Hall–Kier alpha value is -1.40. The fourth-order valence-corrected chi connectivity index (χ4v) is 4.34. The summed E-state index contributed by atoms with van der Waals surface area (Å²) in [5.41, 5.74) is 1.83. The lowest BCUT2D eigenvalue weighted by Gasteiger charge is -2.34. The average molecular weight is 309 g/mol. The van der Waals surface area contributed by atoms with E-state index in [1.807, 2.05) is 24.3 Å². The number of fused-ring (bicyclic) bond motifs is 1. The summed E-state index contributed by atoms with van der Waals surface area (Å²) < 4.78 is 29.4. The molecule has 3 rings (SSSR count). The van der Waals surface area contributed by atoms with Crippen LogP contribution in [0.3, 0.4) is 0 Å². The number of ether oxygens (including phenoxy) is 1. The number of nitrogens with zero attached hydrogens (tertiary/aromatic N) is 1. The Morgan fingerprint density at radius 1 is 1.33 bits per heavy atom. The van der Waals surface area contributed by atoms with Gasteiger partial charge in [0.2, 0.25) is 5.91 Å². The fraction of sp³-hybridized carbons (Fsp3) is 0.533. The van der Waals surface area contributed by atoms with Crippen molar-refractivity contribution >= 4 is 21.4 Å². The maximum Gasteiger partial charge on any atom is 0.242 e. The van der Waals surface area contributed by atoms with Gasteiger partial charge in [0.1, 0.15) is 5.75 Å². The molecule has 1 fully saturated rings. The predicted octanol–water partition coefficient (Wildman–Crippen LogP) is 1.17. The average Bonchev–Trinajstić information content (AvgIpc) is 3.30. The van der Waals surface area contributed by atoms with Crippen LogP contribution >= 0.6 is 0 Å². The van der Waals surface area contributed by atoms with Gasteiger partial charge in [-0.25, -0.2) is 8.42 Å². The van der Waals surface area contributed by atoms with Gasteiger partial charge in [0, 0.05) is 19.2 Å². The topological polar surface area (TPSA) is 63.7 Å². The molecule has 1 saturated carbocycles. The SMILES string of the molecule is COC1Cc2ccccc2N(C(=O)CS(=O)(=O)C2CC2)C1. The molecule has 6 heteroatoms. The summed E-state index contributed by atoms with van der Waals surface area (Å²) in [6.45, 7) is 0.409. The minimum Gasteiger partial charge on any atom is -0.379 e. The molecule has 1 atom stereocenters. The Labute approximate surface area is 124 Å². The molecule has 21 heavy (non-hydrogen) atoms. The van der Waals surface area contributed by atoms with Crippen LogP contribution in [0.15, 0.2) is 24.3 Å². The standard InChI is InChI=1S/C15H19NO4S/c1-20-12-8-11-4-2-3-5-14(11)16(9-12)15(17)10-21(18,19)13-6-7-13/h2-5,12-13H,6-10H2,1H3. The van der Waals surface area contributed by atoms with Crippen molar-refractivity contribution in [1.82, 2.24) is 0 Å². The Kier molecular flexibility index (Phi) is 3.75. The van der Waals surface area contributed by atoms with E-state index in [1.54, 1.807) is 12.0 Å². The number of para-hydroxylation sites is 1. The highest BCUT2D eigenvalue weighted by Crippen LogP contribution is 2.31. The third-order valence-corrected chi connectivity index (χ3v) is 6.24. The third-order valence-electron chi connectivity index (χ3n) is 4.11. The van der Waals surface area contributed by atoms with E-state index in [-0.39, 0.29) is 17.3 Å². The molecule has 114 valence electrons. The number of carbonyl (C=O) groups excluding carboxylic acids is 1. The molecule has 5 nitrogen and oxygen atoms in total. The second-order valence-corrected chi connectivity index (χ2v) is 7.98. The number of amides is 1. The van der Waals surface area contributed by atoms with Crippen LogP contribution in [0.1, 0.15) is 18.4 Å². The van der Waals surface area contributed by atoms with Crippen LogP contribution in [0.25, 0.3) is 0 Å². The van der Waals surface area contributed by atoms with Crippen LogP contribution in [-0.4, -0.2) is 45.1 Å². The Bertz CT molecular complexity index is 651. The van der Waals surface area contributed by atoms with E-state index < -0.39 is 15.6 Å². The Morgan fingerprint density at radius 2 is 2.05 bits per heavy atom. The summed E-state index contributed by atoms with van der Waals surface area (Å²) in [6, 6.07) is 7.60. The third kappa shape index (κ3) is 2.96. The van der Waals surface area contributed by atoms with E-state index in [0.717, 1.165) is 17.7 Å². The number of hydrogen-bond donors (Lipinski definition) is 0. The van der Waals surface area contributed by atoms with Gasteiger partial charge in [0.15, 0.2) is 9.84 Å². The molecule has 1 aliphatic carbocycles. The van der Waals surface area contributed by atoms with Gasteiger partial charge in [0.25, 0.3) is 0 Å². The summed E-state index contributed by atoms with van der Waals surface area (Å²) in [5, 5.41) is -0.306. The zero-order valence-electron chi connectivity index (χ0n) is 12.0. The van der Waals surface area contributed by atoms with Crippen LogP contribution in [-0.2, 0) is 25.8 Å². The number of rotatable bonds is 4. The Morgan fingerprint density at radius 3 is 2.71 bits per heavy atom. The number of methoxy groups -OCH3 is 1. The van der Waals surface area contributed by atoms with Crippen molar-refractivity contribution in [3.63, 3.8) is 0 Å². The molecular formula is C15H19NO4S. The maximum atomic E-state index is 12.5. The molecule has 1 aliphatic heterocycles. The minimum absolute atomic E-state index is 0.0903. The van der Waals surface area contributed by atoms with Gasteiger partial charge < -0.3 is 9.64 Å². The Balaban J connectivity index is 1.85. The van der Waals surface area contributed by atoms with E-state index in [4.69, 9.17) is 4.74 Å². The monoisotopic (exact) mass is 309 g/mol. The number of sulfone groups is 1. The van der Waals surface area contributed by atoms with E-state index in [0.29, 0.717) is 19.4 Å². The van der Waals surface area contributed by atoms with Gasteiger partial charge in [-0.2, -0.15) is 0 Å². The number of benzene rings is 1. The van der Waals surface area contributed by atoms with Crippen LogP contribution in [0.2, 0.25) is 0 Å². The first-order valence-corrected chi connectivity index (χ1v) is 8.85. The summed E-state index contributed by atoms with van der Waals surface area (Å²) in [4.78, 5) is 14.0. The first-order valence-electron chi connectivity index (χ1n) is 7.14. The molecule has 0 radical (unpaired) electrons. The van der Waals surface area contributed by atoms with E-state index >= 15 is 0 Å². The molecule has 0 spiro atoms. The van der Waals surface area contributed by atoms with Crippen LogP contribution in [0.4, 0.5) is 5.69 Å². The lowest BCUT2D eigenvalue weighted by Crippen LogP contribution is -2.45. The van der Waals surface area contributed by atoms with Crippen molar-refractivity contribution in [1.29, 1.82) is 0 Å². The molecule has 0 saturated heterocycles. The molecule has 1 unspecified atom stereocenters. The first kappa shape index (κ1) is 14.5. The summed E-state index contributed by atoms with van der Waals surface area (Å²) >= 11 is 0. The van der Waals surface area contributed by atoms with E-state index in [2.05, 4.69) is 0 Å². The van der Waals surface area contributed by atoms with Crippen molar-refractivity contribution in [2.75, 3.05) is 24.3 Å². The second-order valence-electron chi connectivity index (χ2n) is 5.70.